The molecular weight excluding hydrogens is 436 g/mol. The van der Waals surface area contributed by atoms with Gasteiger partial charge in [0.25, 0.3) is 10.2 Å². The molecule has 0 bridgehead atoms. The average molecular weight is 463 g/mol. The standard InChI is InChI=1S/C20H26N6O3S2/c27-31(28,26-9-11-29-12-10-26)24-16-3-7-25(8-4-16)14-15-1-2-18-17(13-15)23-19-20(30-18)22-6-5-21-19/h1-2,5-6,13,16,24H,3-4,7-12,14H2,(H,21,23). The van der Waals surface area contributed by atoms with E-state index in [1.165, 1.54) is 9.87 Å². The second kappa shape index (κ2) is 9.00. The minimum atomic E-state index is -3.43. The van der Waals surface area contributed by atoms with Gasteiger partial charge in [-0.25, -0.2) is 9.97 Å². The summed E-state index contributed by atoms with van der Waals surface area (Å²) >= 11 is 1.63. The van der Waals surface area contributed by atoms with E-state index in [0.717, 1.165) is 53.9 Å². The van der Waals surface area contributed by atoms with Crippen LogP contribution in [0.1, 0.15) is 18.4 Å². The lowest BCUT2D eigenvalue weighted by Gasteiger charge is -2.34. The molecule has 0 spiro atoms. The molecule has 0 amide bonds. The predicted molar refractivity (Wildman–Crippen MR) is 119 cm³/mol. The first-order valence-corrected chi connectivity index (χ1v) is 12.8. The summed E-state index contributed by atoms with van der Waals surface area (Å²) in [5.74, 6) is 0.797. The van der Waals surface area contributed by atoms with Gasteiger partial charge in [0.1, 0.15) is 5.03 Å². The van der Waals surface area contributed by atoms with Gasteiger partial charge in [0.2, 0.25) is 0 Å². The quantitative estimate of drug-likeness (QED) is 0.592. The lowest BCUT2D eigenvalue weighted by atomic mass is 10.1. The van der Waals surface area contributed by atoms with Crippen LogP contribution in [-0.4, -0.2) is 73.0 Å². The van der Waals surface area contributed by atoms with Crippen LogP contribution >= 0.6 is 11.8 Å². The molecular formula is C20H26N6O3S2. The molecule has 31 heavy (non-hydrogen) atoms. The molecule has 11 heteroatoms. The number of benzene rings is 1. The summed E-state index contributed by atoms with van der Waals surface area (Å²) in [6.07, 6.45) is 5.02. The first-order chi connectivity index (χ1) is 15.1. The van der Waals surface area contributed by atoms with Gasteiger partial charge in [-0.3, -0.25) is 4.90 Å². The Balaban J connectivity index is 1.15. The maximum Gasteiger partial charge on any atom is 0.279 e. The third kappa shape index (κ3) is 4.86. The summed E-state index contributed by atoms with van der Waals surface area (Å²) in [4.78, 5) is 12.3. The predicted octanol–water partition coefficient (Wildman–Crippen LogP) is 1.82. The summed E-state index contributed by atoms with van der Waals surface area (Å²) in [5.41, 5.74) is 2.29. The molecule has 0 saturated carbocycles. The van der Waals surface area contributed by atoms with E-state index in [0.29, 0.717) is 26.3 Å². The van der Waals surface area contributed by atoms with Crippen LogP contribution in [-0.2, 0) is 21.5 Å². The molecule has 0 atom stereocenters. The zero-order chi connectivity index (χ0) is 21.3. The van der Waals surface area contributed by atoms with E-state index >= 15 is 0 Å². The van der Waals surface area contributed by atoms with Crippen molar-refractivity contribution in [2.75, 3.05) is 44.7 Å². The van der Waals surface area contributed by atoms with Crippen LogP contribution in [0.4, 0.5) is 11.5 Å². The molecule has 9 nitrogen and oxygen atoms in total. The number of hydrogen-bond donors (Lipinski definition) is 2. The number of fused-ring (bicyclic) bond motifs is 2. The molecule has 0 aliphatic carbocycles. The molecule has 2 saturated heterocycles. The number of rotatable bonds is 5. The maximum atomic E-state index is 12.6. The molecule has 5 rings (SSSR count). The van der Waals surface area contributed by atoms with Gasteiger partial charge in [-0.2, -0.15) is 17.4 Å². The topological polar surface area (TPSA) is 99.7 Å². The van der Waals surface area contributed by atoms with E-state index in [4.69, 9.17) is 4.74 Å². The summed E-state index contributed by atoms with van der Waals surface area (Å²) in [6.45, 7) is 4.35. The Bertz CT molecular complexity index is 1040. The zero-order valence-electron chi connectivity index (χ0n) is 17.2. The summed E-state index contributed by atoms with van der Waals surface area (Å²) in [7, 11) is -3.43. The van der Waals surface area contributed by atoms with Crippen molar-refractivity contribution in [2.24, 2.45) is 0 Å². The van der Waals surface area contributed by atoms with Crippen molar-refractivity contribution >= 4 is 33.5 Å². The summed E-state index contributed by atoms with van der Waals surface area (Å²) in [6, 6.07) is 6.44. The number of ether oxygens (including phenoxy) is 1. The summed E-state index contributed by atoms with van der Waals surface area (Å²) in [5, 5.41) is 4.27. The van der Waals surface area contributed by atoms with Crippen molar-refractivity contribution in [1.29, 1.82) is 0 Å². The molecule has 1 aromatic carbocycles. The van der Waals surface area contributed by atoms with Crippen molar-refractivity contribution in [3.05, 3.63) is 36.2 Å². The molecule has 2 aromatic rings. The van der Waals surface area contributed by atoms with Gasteiger partial charge in [0.05, 0.1) is 18.9 Å². The monoisotopic (exact) mass is 462 g/mol. The Morgan fingerprint density at radius 3 is 2.71 bits per heavy atom. The molecule has 1 aromatic heterocycles. The summed E-state index contributed by atoms with van der Waals surface area (Å²) < 4.78 is 34.8. The largest absolute Gasteiger partial charge is 0.379 e. The van der Waals surface area contributed by atoms with Gasteiger partial charge < -0.3 is 10.1 Å². The maximum absolute atomic E-state index is 12.6. The van der Waals surface area contributed by atoms with Crippen molar-refractivity contribution in [2.45, 2.75) is 35.3 Å². The van der Waals surface area contributed by atoms with Crippen LogP contribution in [0, 0.1) is 0 Å². The lowest BCUT2D eigenvalue weighted by Crippen LogP contribution is -2.52. The van der Waals surface area contributed by atoms with E-state index < -0.39 is 10.2 Å². The van der Waals surface area contributed by atoms with Gasteiger partial charge in [0, 0.05) is 56.1 Å². The van der Waals surface area contributed by atoms with Crippen LogP contribution in [0.2, 0.25) is 0 Å². The number of anilines is 2. The molecule has 166 valence electrons. The van der Waals surface area contributed by atoms with Gasteiger partial charge >= 0.3 is 0 Å². The molecule has 0 unspecified atom stereocenters. The second-order valence-electron chi connectivity index (χ2n) is 7.95. The van der Waals surface area contributed by atoms with Gasteiger partial charge in [-0.15, -0.1) is 0 Å². The molecule has 2 fully saturated rings. The first kappa shape index (κ1) is 21.1. The Morgan fingerprint density at radius 2 is 1.90 bits per heavy atom. The van der Waals surface area contributed by atoms with Crippen molar-refractivity contribution < 1.29 is 13.2 Å². The molecule has 3 aliphatic heterocycles. The second-order valence-corrected chi connectivity index (χ2v) is 10.7. The van der Waals surface area contributed by atoms with E-state index in [9.17, 15) is 8.42 Å². The van der Waals surface area contributed by atoms with Crippen molar-refractivity contribution in [1.82, 2.24) is 23.9 Å². The number of nitrogens with zero attached hydrogens (tertiary/aromatic N) is 4. The fourth-order valence-electron chi connectivity index (χ4n) is 4.12. The van der Waals surface area contributed by atoms with E-state index in [1.54, 1.807) is 24.2 Å². The molecule has 4 heterocycles. The van der Waals surface area contributed by atoms with Crippen LogP contribution in [0.25, 0.3) is 0 Å². The molecule has 0 radical (unpaired) electrons. The van der Waals surface area contributed by atoms with Crippen LogP contribution < -0.4 is 10.0 Å². The Hall–Kier alpha value is -1.76. The van der Waals surface area contributed by atoms with Gasteiger partial charge in [-0.1, -0.05) is 17.8 Å². The van der Waals surface area contributed by atoms with E-state index in [1.807, 2.05) is 0 Å². The third-order valence-electron chi connectivity index (χ3n) is 5.79. The average Bonchev–Trinajstić information content (AvgIpc) is 2.79. The highest BCUT2D eigenvalue weighted by molar-refractivity contribution is 7.99. The Morgan fingerprint density at radius 1 is 1.13 bits per heavy atom. The highest BCUT2D eigenvalue weighted by Crippen LogP contribution is 2.42. The highest BCUT2D eigenvalue weighted by Gasteiger charge is 2.29. The molecule has 2 N–H and O–H groups in total. The van der Waals surface area contributed by atoms with Gasteiger partial charge in [-0.05, 0) is 30.5 Å². The normalized spacial score (nSPS) is 20.6. The van der Waals surface area contributed by atoms with Crippen LogP contribution in [0.5, 0.6) is 0 Å². The number of nitrogens with one attached hydrogen (secondary N) is 2. The first-order valence-electron chi connectivity index (χ1n) is 10.5. The fraction of sp³-hybridized carbons (Fsp3) is 0.500. The SMILES string of the molecule is O=S(=O)(NC1CCN(Cc2ccc3c(c2)Nc2nccnc2S3)CC1)N1CCOCC1. The zero-order valence-corrected chi connectivity index (χ0v) is 18.8. The minimum Gasteiger partial charge on any atom is -0.379 e. The number of likely N-dealkylation sites (tertiary alicyclic amines) is 1. The molecule has 3 aliphatic rings. The minimum absolute atomic E-state index is 0.0132. The van der Waals surface area contributed by atoms with Crippen molar-refractivity contribution in [3.63, 3.8) is 0 Å². The number of hydrogen-bond acceptors (Lipinski definition) is 8. The number of morpholine rings is 1. The van der Waals surface area contributed by atoms with Crippen LogP contribution in [0.3, 0.4) is 0 Å². The third-order valence-corrected chi connectivity index (χ3v) is 8.53. The number of piperidine rings is 1. The Kier molecular flexibility index (Phi) is 6.13. The highest BCUT2D eigenvalue weighted by atomic mass is 32.2. The van der Waals surface area contributed by atoms with Crippen molar-refractivity contribution in [3.8, 4) is 0 Å². The van der Waals surface area contributed by atoms with Gasteiger partial charge in [0.15, 0.2) is 5.82 Å². The lowest BCUT2D eigenvalue weighted by molar-refractivity contribution is 0.0720. The van der Waals surface area contributed by atoms with E-state index in [-0.39, 0.29) is 6.04 Å². The number of aromatic nitrogens is 2. The van der Waals surface area contributed by atoms with Crippen LogP contribution in [0.15, 0.2) is 40.5 Å². The Labute approximate surface area is 186 Å². The fourth-order valence-corrected chi connectivity index (χ4v) is 6.43. The smallest absolute Gasteiger partial charge is 0.279 e. The van der Waals surface area contributed by atoms with E-state index in [2.05, 4.69) is 43.1 Å².